The first-order valence-electron chi connectivity index (χ1n) is 8.51. The summed E-state index contributed by atoms with van der Waals surface area (Å²) in [4.78, 5) is 10.3. The Morgan fingerprint density at radius 2 is 1.62 bits per heavy atom. The third kappa shape index (κ3) is 3.98. The zero-order chi connectivity index (χ0) is 21.2. The first kappa shape index (κ1) is 21.2. The monoisotopic (exact) mass is 440 g/mol. The SMILES string of the molecule is COc1cc(OC)c([C@H]2SCCN2S(=O)(=O)c2ccc([N+](=O)[O-])cc2)cc1OC. The Kier molecular flexibility index (Phi) is 6.20. The normalized spacial score (nSPS) is 17.1. The van der Waals surface area contributed by atoms with Gasteiger partial charge in [0.05, 0.1) is 36.5 Å². The minimum Gasteiger partial charge on any atom is -0.496 e. The van der Waals surface area contributed by atoms with Crippen molar-refractivity contribution in [2.24, 2.45) is 0 Å². The predicted molar refractivity (Wildman–Crippen MR) is 108 cm³/mol. The van der Waals surface area contributed by atoms with Gasteiger partial charge in [-0.25, -0.2) is 8.42 Å². The number of hydrogen-bond acceptors (Lipinski definition) is 8. The van der Waals surface area contributed by atoms with Gasteiger partial charge in [0.25, 0.3) is 5.69 Å². The summed E-state index contributed by atoms with van der Waals surface area (Å²) >= 11 is 1.46. The van der Waals surface area contributed by atoms with E-state index in [0.717, 1.165) is 0 Å². The Bertz CT molecular complexity index is 1010. The second-order valence-corrected chi connectivity index (χ2v) is 9.12. The van der Waals surface area contributed by atoms with Gasteiger partial charge in [-0.2, -0.15) is 4.31 Å². The van der Waals surface area contributed by atoms with Crippen molar-refractivity contribution in [3.8, 4) is 17.2 Å². The van der Waals surface area contributed by atoms with E-state index in [1.54, 1.807) is 12.1 Å². The van der Waals surface area contributed by atoms with Crippen LogP contribution in [0.15, 0.2) is 41.3 Å². The van der Waals surface area contributed by atoms with Crippen LogP contribution in [0.1, 0.15) is 10.9 Å². The molecule has 2 aromatic rings. The third-order valence-corrected chi connectivity index (χ3v) is 7.76. The van der Waals surface area contributed by atoms with Gasteiger partial charge in [0.1, 0.15) is 5.75 Å². The molecule has 1 aliphatic heterocycles. The number of non-ortho nitro benzene ring substituents is 1. The number of ether oxygens (including phenoxy) is 3. The summed E-state index contributed by atoms with van der Waals surface area (Å²) in [6.07, 6.45) is 0. The Morgan fingerprint density at radius 1 is 1.03 bits per heavy atom. The number of sulfonamides is 1. The molecule has 29 heavy (non-hydrogen) atoms. The molecule has 2 aromatic carbocycles. The third-order valence-electron chi connectivity index (χ3n) is 4.51. The van der Waals surface area contributed by atoms with Crippen LogP contribution in [0.3, 0.4) is 0 Å². The van der Waals surface area contributed by atoms with Crippen LogP contribution in [0, 0.1) is 10.1 Å². The fourth-order valence-electron chi connectivity index (χ4n) is 3.07. The Balaban J connectivity index is 2.02. The maximum Gasteiger partial charge on any atom is 0.269 e. The molecule has 3 rings (SSSR count). The fraction of sp³-hybridized carbons (Fsp3) is 0.333. The maximum absolute atomic E-state index is 13.2. The lowest BCUT2D eigenvalue weighted by molar-refractivity contribution is -0.384. The van der Waals surface area contributed by atoms with Gasteiger partial charge in [0, 0.05) is 36.1 Å². The molecule has 0 saturated carbocycles. The molecule has 0 unspecified atom stereocenters. The van der Waals surface area contributed by atoms with Crippen molar-refractivity contribution in [1.82, 2.24) is 4.31 Å². The van der Waals surface area contributed by atoms with Crippen LogP contribution in [0.25, 0.3) is 0 Å². The van der Waals surface area contributed by atoms with Gasteiger partial charge in [0.15, 0.2) is 11.5 Å². The van der Waals surface area contributed by atoms with Gasteiger partial charge < -0.3 is 14.2 Å². The van der Waals surface area contributed by atoms with Crippen LogP contribution in [-0.2, 0) is 10.0 Å². The molecule has 1 saturated heterocycles. The lowest BCUT2D eigenvalue weighted by atomic mass is 10.1. The van der Waals surface area contributed by atoms with Crippen LogP contribution in [0.5, 0.6) is 17.2 Å². The van der Waals surface area contributed by atoms with Crippen LogP contribution >= 0.6 is 11.8 Å². The summed E-state index contributed by atoms with van der Waals surface area (Å²) in [6.45, 7) is 0.298. The maximum atomic E-state index is 13.2. The number of nitro groups is 1. The average molecular weight is 440 g/mol. The van der Waals surface area contributed by atoms with Gasteiger partial charge in [-0.15, -0.1) is 11.8 Å². The number of nitrogens with zero attached hydrogens (tertiary/aromatic N) is 2. The van der Waals surface area contributed by atoms with Crippen LogP contribution < -0.4 is 14.2 Å². The Morgan fingerprint density at radius 3 is 2.17 bits per heavy atom. The van der Waals surface area contributed by atoms with Crippen LogP contribution in [0.2, 0.25) is 0 Å². The second-order valence-electron chi connectivity index (χ2n) is 6.04. The lowest BCUT2D eigenvalue weighted by Gasteiger charge is -2.25. The van der Waals surface area contributed by atoms with E-state index in [0.29, 0.717) is 35.1 Å². The molecule has 0 aromatic heterocycles. The molecule has 0 spiro atoms. The van der Waals surface area contributed by atoms with Gasteiger partial charge in [-0.3, -0.25) is 10.1 Å². The van der Waals surface area contributed by atoms with E-state index in [-0.39, 0.29) is 10.6 Å². The highest BCUT2D eigenvalue weighted by Crippen LogP contribution is 2.47. The van der Waals surface area contributed by atoms with E-state index >= 15 is 0 Å². The Labute approximate surface area is 172 Å². The molecular formula is C18H20N2O7S2. The van der Waals surface area contributed by atoms with Crippen molar-refractivity contribution >= 4 is 27.5 Å². The summed E-state index contributed by atoms with van der Waals surface area (Å²) in [7, 11) is 0.631. The summed E-state index contributed by atoms with van der Waals surface area (Å²) in [6, 6.07) is 8.23. The van der Waals surface area contributed by atoms with Crippen molar-refractivity contribution < 1.29 is 27.6 Å². The lowest BCUT2D eigenvalue weighted by Crippen LogP contribution is -2.30. The molecule has 0 radical (unpaired) electrons. The molecule has 1 atom stereocenters. The van der Waals surface area contributed by atoms with Crippen LogP contribution in [0.4, 0.5) is 5.69 Å². The zero-order valence-corrected chi connectivity index (χ0v) is 17.7. The van der Waals surface area contributed by atoms with E-state index < -0.39 is 20.3 Å². The largest absolute Gasteiger partial charge is 0.496 e. The van der Waals surface area contributed by atoms with Crippen LogP contribution in [-0.4, -0.2) is 51.3 Å². The smallest absolute Gasteiger partial charge is 0.269 e. The van der Waals surface area contributed by atoms with Gasteiger partial charge in [-0.05, 0) is 18.2 Å². The highest BCUT2D eigenvalue weighted by Gasteiger charge is 2.39. The van der Waals surface area contributed by atoms with Crippen molar-refractivity contribution in [2.75, 3.05) is 33.6 Å². The molecule has 0 aliphatic carbocycles. The summed E-state index contributed by atoms with van der Waals surface area (Å²) in [5.74, 6) is 2.00. The van der Waals surface area contributed by atoms with Gasteiger partial charge in [-0.1, -0.05) is 0 Å². The van der Waals surface area contributed by atoms with E-state index in [2.05, 4.69) is 0 Å². The molecule has 11 heteroatoms. The highest BCUT2D eigenvalue weighted by molar-refractivity contribution is 8.01. The molecular weight excluding hydrogens is 420 g/mol. The zero-order valence-electron chi connectivity index (χ0n) is 16.0. The minimum absolute atomic E-state index is 0.00459. The molecule has 0 N–H and O–H groups in total. The van der Waals surface area contributed by atoms with Gasteiger partial charge in [0.2, 0.25) is 10.0 Å². The molecule has 1 fully saturated rings. The first-order valence-corrected chi connectivity index (χ1v) is 11.0. The standard InChI is InChI=1S/C18H20N2O7S2/c1-25-15-11-17(27-3)16(26-2)10-14(15)18-19(8-9-28-18)29(23,24)13-6-4-12(5-7-13)20(21)22/h4-7,10-11,18H,8-9H2,1-3H3/t18-/m1/s1. The molecule has 0 amide bonds. The van der Waals surface area contributed by atoms with Crippen molar-refractivity contribution in [3.63, 3.8) is 0 Å². The second kappa shape index (κ2) is 8.47. The van der Waals surface area contributed by atoms with E-state index in [9.17, 15) is 18.5 Å². The molecule has 9 nitrogen and oxygen atoms in total. The molecule has 1 heterocycles. The molecule has 0 bridgehead atoms. The highest BCUT2D eigenvalue weighted by atomic mass is 32.2. The minimum atomic E-state index is -3.88. The summed E-state index contributed by atoms with van der Waals surface area (Å²) < 4.78 is 43.9. The van der Waals surface area contributed by atoms with E-state index in [1.165, 1.54) is 61.7 Å². The topological polar surface area (TPSA) is 108 Å². The number of methoxy groups -OCH3 is 3. The van der Waals surface area contributed by atoms with Gasteiger partial charge >= 0.3 is 0 Å². The van der Waals surface area contributed by atoms with Crippen molar-refractivity contribution in [3.05, 3.63) is 52.1 Å². The summed E-state index contributed by atoms with van der Waals surface area (Å²) in [5, 5.41) is 10.3. The Hall–Kier alpha value is -2.50. The number of hydrogen-bond donors (Lipinski definition) is 0. The predicted octanol–water partition coefficient (Wildman–Crippen LogP) is 3.06. The molecule has 1 aliphatic rings. The molecule has 156 valence electrons. The van der Waals surface area contributed by atoms with Crippen molar-refractivity contribution in [1.29, 1.82) is 0 Å². The average Bonchev–Trinajstić information content (AvgIpc) is 3.23. The number of benzene rings is 2. The quantitative estimate of drug-likeness (QED) is 0.477. The van der Waals surface area contributed by atoms with E-state index in [4.69, 9.17) is 14.2 Å². The summed E-state index contributed by atoms with van der Waals surface area (Å²) in [5.41, 5.74) is 0.469. The van der Waals surface area contributed by atoms with Crippen molar-refractivity contribution in [2.45, 2.75) is 10.3 Å². The fourth-order valence-corrected chi connectivity index (χ4v) is 6.31. The number of rotatable bonds is 7. The number of nitro benzene ring substituents is 1. The first-order chi connectivity index (χ1) is 13.8. The number of thioether (sulfide) groups is 1. The van der Waals surface area contributed by atoms with E-state index in [1.807, 2.05) is 0 Å².